The summed E-state index contributed by atoms with van der Waals surface area (Å²) in [7, 11) is 2.19. The lowest BCUT2D eigenvalue weighted by atomic mass is 10.2. The van der Waals surface area contributed by atoms with Crippen LogP contribution in [0.25, 0.3) is 0 Å². The lowest BCUT2D eigenvalue weighted by Crippen LogP contribution is -2.43. The number of rotatable bonds is 2. The Morgan fingerprint density at radius 2 is 1.58 bits per heavy atom. The average molecular weight is 265 g/mol. The standard InChI is InChI=1S/C12H19N3.2C2H6/c1-11-3-4-12(9-13-11)10-15-7-5-14(2)6-8-15;2*1-2/h3-4,9H,5-8,10H2,1-2H3;2*1-2H3. The van der Waals surface area contributed by atoms with Crippen LogP contribution in [0.5, 0.6) is 0 Å². The van der Waals surface area contributed by atoms with Gasteiger partial charge in [0.25, 0.3) is 0 Å². The molecular weight excluding hydrogens is 234 g/mol. The number of aromatic nitrogens is 1. The monoisotopic (exact) mass is 265 g/mol. The van der Waals surface area contributed by atoms with Crippen molar-refractivity contribution >= 4 is 0 Å². The molecule has 0 aliphatic carbocycles. The second kappa shape index (κ2) is 10.9. The van der Waals surface area contributed by atoms with Crippen LogP contribution < -0.4 is 0 Å². The zero-order valence-electron chi connectivity index (χ0n) is 13.6. The molecule has 1 aliphatic heterocycles. The van der Waals surface area contributed by atoms with Gasteiger partial charge in [-0.2, -0.15) is 0 Å². The van der Waals surface area contributed by atoms with E-state index in [1.807, 2.05) is 40.8 Å². The van der Waals surface area contributed by atoms with Crippen LogP contribution in [-0.2, 0) is 6.54 Å². The van der Waals surface area contributed by atoms with E-state index >= 15 is 0 Å². The molecule has 1 saturated heterocycles. The minimum atomic E-state index is 1.04. The summed E-state index contributed by atoms with van der Waals surface area (Å²) in [6.07, 6.45) is 1.99. The Balaban J connectivity index is 0.000000741. The van der Waals surface area contributed by atoms with Crippen molar-refractivity contribution in [2.75, 3.05) is 33.2 Å². The van der Waals surface area contributed by atoms with E-state index in [1.165, 1.54) is 31.7 Å². The SMILES string of the molecule is CC.CC.Cc1ccc(CN2CCN(C)CC2)cn1. The largest absolute Gasteiger partial charge is 0.304 e. The van der Waals surface area contributed by atoms with Crippen molar-refractivity contribution in [1.82, 2.24) is 14.8 Å². The van der Waals surface area contributed by atoms with E-state index < -0.39 is 0 Å². The van der Waals surface area contributed by atoms with Crippen LogP contribution in [0.2, 0.25) is 0 Å². The Hall–Kier alpha value is -0.930. The predicted octanol–water partition coefficient (Wildman–Crippen LogP) is 3.19. The van der Waals surface area contributed by atoms with Crippen molar-refractivity contribution in [2.24, 2.45) is 0 Å². The number of pyridine rings is 1. The molecule has 3 nitrogen and oxygen atoms in total. The minimum absolute atomic E-state index is 1.04. The maximum atomic E-state index is 4.32. The fourth-order valence-corrected chi connectivity index (χ4v) is 1.86. The Kier molecular flexibility index (Phi) is 10.4. The van der Waals surface area contributed by atoms with E-state index in [9.17, 15) is 0 Å². The first-order chi connectivity index (χ1) is 9.24. The van der Waals surface area contributed by atoms with Crippen molar-refractivity contribution in [2.45, 2.75) is 41.2 Å². The zero-order valence-corrected chi connectivity index (χ0v) is 13.6. The summed E-state index contributed by atoms with van der Waals surface area (Å²) in [5.41, 5.74) is 2.42. The molecule has 0 N–H and O–H groups in total. The van der Waals surface area contributed by atoms with Gasteiger partial charge in [-0.1, -0.05) is 33.8 Å². The molecule has 0 spiro atoms. The van der Waals surface area contributed by atoms with Crippen molar-refractivity contribution in [3.05, 3.63) is 29.6 Å². The first kappa shape index (κ1) is 18.1. The minimum Gasteiger partial charge on any atom is -0.304 e. The highest BCUT2D eigenvalue weighted by atomic mass is 15.2. The highest BCUT2D eigenvalue weighted by Gasteiger charge is 2.13. The van der Waals surface area contributed by atoms with Gasteiger partial charge in [0.05, 0.1) is 0 Å². The highest BCUT2D eigenvalue weighted by molar-refractivity contribution is 5.13. The Morgan fingerprint density at radius 3 is 2.05 bits per heavy atom. The van der Waals surface area contributed by atoms with Gasteiger partial charge in [0, 0.05) is 44.6 Å². The second-order valence-electron chi connectivity index (χ2n) is 4.39. The third-order valence-electron chi connectivity index (χ3n) is 2.97. The molecule has 0 radical (unpaired) electrons. The summed E-state index contributed by atoms with van der Waals surface area (Å²) in [5.74, 6) is 0. The fraction of sp³-hybridized carbons (Fsp3) is 0.688. The van der Waals surface area contributed by atoms with Crippen LogP contribution in [-0.4, -0.2) is 48.0 Å². The fourth-order valence-electron chi connectivity index (χ4n) is 1.86. The molecule has 19 heavy (non-hydrogen) atoms. The molecule has 110 valence electrons. The molecular formula is C16H31N3. The number of likely N-dealkylation sites (N-methyl/N-ethyl adjacent to an activating group) is 1. The molecule has 0 amide bonds. The lowest BCUT2D eigenvalue weighted by Gasteiger charge is -2.32. The summed E-state index contributed by atoms with van der Waals surface area (Å²) >= 11 is 0. The van der Waals surface area contributed by atoms with E-state index in [0.717, 1.165) is 12.2 Å². The molecule has 0 bridgehead atoms. The third kappa shape index (κ3) is 7.28. The highest BCUT2D eigenvalue weighted by Crippen LogP contribution is 2.07. The molecule has 3 heteroatoms. The van der Waals surface area contributed by atoms with Gasteiger partial charge in [-0.25, -0.2) is 0 Å². The second-order valence-corrected chi connectivity index (χ2v) is 4.39. The molecule has 1 aliphatic rings. The zero-order chi connectivity index (χ0) is 14.7. The lowest BCUT2D eigenvalue weighted by molar-refractivity contribution is 0.148. The number of nitrogens with zero attached hydrogens (tertiary/aromatic N) is 3. The summed E-state index contributed by atoms with van der Waals surface area (Å²) < 4.78 is 0. The quantitative estimate of drug-likeness (QED) is 0.818. The van der Waals surface area contributed by atoms with Gasteiger partial charge in [0.1, 0.15) is 0 Å². The molecule has 1 aromatic rings. The van der Waals surface area contributed by atoms with Crippen LogP contribution in [0.4, 0.5) is 0 Å². The Labute approximate surface area is 119 Å². The number of aryl methyl sites for hydroxylation is 1. The van der Waals surface area contributed by atoms with Crippen LogP contribution in [0.3, 0.4) is 0 Å². The summed E-state index contributed by atoms with van der Waals surface area (Å²) in [5, 5.41) is 0. The Bertz CT molecular complexity index is 300. The summed E-state index contributed by atoms with van der Waals surface area (Å²) in [4.78, 5) is 9.19. The van der Waals surface area contributed by atoms with E-state index in [2.05, 4.69) is 34.0 Å². The van der Waals surface area contributed by atoms with Crippen LogP contribution in [0.15, 0.2) is 18.3 Å². The summed E-state index contributed by atoms with van der Waals surface area (Å²) in [6, 6.07) is 4.27. The van der Waals surface area contributed by atoms with Crippen molar-refractivity contribution < 1.29 is 0 Å². The third-order valence-corrected chi connectivity index (χ3v) is 2.97. The smallest absolute Gasteiger partial charge is 0.0372 e. The maximum absolute atomic E-state index is 4.32. The van der Waals surface area contributed by atoms with Crippen molar-refractivity contribution in [1.29, 1.82) is 0 Å². The van der Waals surface area contributed by atoms with E-state index in [4.69, 9.17) is 0 Å². The number of hydrogen-bond acceptors (Lipinski definition) is 3. The van der Waals surface area contributed by atoms with Gasteiger partial charge in [-0.05, 0) is 25.6 Å². The molecule has 1 fully saturated rings. The van der Waals surface area contributed by atoms with Gasteiger partial charge in [0.2, 0.25) is 0 Å². The van der Waals surface area contributed by atoms with Crippen LogP contribution in [0, 0.1) is 6.92 Å². The predicted molar refractivity (Wildman–Crippen MR) is 84.4 cm³/mol. The van der Waals surface area contributed by atoms with Gasteiger partial charge < -0.3 is 4.90 Å². The van der Waals surface area contributed by atoms with Gasteiger partial charge >= 0.3 is 0 Å². The topological polar surface area (TPSA) is 19.4 Å². The van der Waals surface area contributed by atoms with Crippen LogP contribution in [0.1, 0.15) is 39.0 Å². The van der Waals surface area contributed by atoms with E-state index in [1.54, 1.807) is 0 Å². The molecule has 2 rings (SSSR count). The molecule has 2 heterocycles. The summed E-state index contributed by atoms with van der Waals surface area (Å²) in [6.45, 7) is 15.8. The van der Waals surface area contributed by atoms with Gasteiger partial charge in [0.15, 0.2) is 0 Å². The van der Waals surface area contributed by atoms with Crippen LogP contribution >= 0.6 is 0 Å². The first-order valence-corrected chi connectivity index (χ1v) is 7.56. The molecule has 0 atom stereocenters. The molecule has 1 aromatic heterocycles. The van der Waals surface area contributed by atoms with E-state index in [-0.39, 0.29) is 0 Å². The first-order valence-electron chi connectivity index (χ1n) is 7.56. The maximum Gasteiger partial charge on any atom is 0.0372 e. The Morgan fingerprint density at radius 1 is 1.00 bits per heavy atom. The normalized spacial score (nSPS) is 15.9. The van der Waals surface area contributed by atoms with Gasteiger partial charge in [-0.15, -0.1) is 0 Å². The molecule has 0 saturated carbocycles. The number of piperazine rings is 1. The average Bonchev–Trinajstić information content (AvgIpc) is 2.48. The molecule has 0 aromatic carbocycles. The van der Waals surface area contributed by atoms with Gasteiger partial charge in [-0.3, -0.25) is 9.88 Å². The van der Waals surface area contributed by atoms with Crippen molar-refractivity contribution in [3.63, 3.8) is 0 Å². The van der Waals surface area contributed by atoms with E-state index in [0.29, 0.717) is 0 Å². The number of hydrogen-bond donors (Lipinski definition) is 0. The van der Waals surface area contributed by atoms with Crippen molar-refractivity contribution in [3.8, 4) is 0 Å². The molecule has 0 unspecified atom stereocenters.